The van der Waals surface area contributed by atoms with Crippen LogP contribution in [0.5, 0.6) is 11.5 Å². The van der Waals surface area contributed by atoms with Gasteiger partial charge >= 0.3 is 0 Å². The van der Waals surface area contributed by atoms with E-state index in [2.05, 4.69) is 10.3 Å². The van der Waals surface area contributed by atoms with Crippen molar-refractivity contribution in [3.8, 4) is 11.5 Å². The fourth-order valence-corrected chi connectivity index (χ4v) is 5.28. The molecule has 0 aliphatic carbocycles. The maximum atomic E-state index is 13.3. The molecular weight excluding hydrogens is 536 g/mol. The molecule has 220 valence electrons. The number of nitrogens with zero attached hydrogens (tertiary/aromatic N) is 3. The van der Waals surface area contributed by atoms with Crippen LogP contribution in [0.3, 0.4) is 0 Å². The number of aliphatic hydroxyl groups is 1. The lowest BCUT2D eigenvalue weighted by Gasteiger charge is -2.39. The topological polar surface area (TPSA) is 121 Å². The first-order chi connectivity index (χ1) is 20.5. The summed E-state index contributed by atoms with van der Waals surface area (Å²) in [6.07, 6.45) is 4.41. The van der Waals surface area contributed by atoms with Gasteiger partial charge in [-0.3, -0.25) is 19.4 Å². The standard InChI is InChI=1S/C32H36N4O6/c37-17-3-15-35-21-30(38)34-28-20-36(32(40)25-5-2-14-33-19-25)16-13-29(28)41-22-24-4-1-6-27(18-24)42-26-10-7-23(8-11-26)9-12-31(35)39/h1-2,4-8,10-11,14,18-19,28-29,37H,3,9,12-13,15-17,20-22H2,(H,34,38)/t28-,29-/m0/s1. The highest BCUT2D eigenvalue weighted by atomic mass is 16.5. The lowest BCUT2D eigenvalue weighted by atomic mass is 10.0. The van der Waals surface area contributed by atoms with E-state index in [4.69, 9.17) is 9.47 Å². The number of benzene rings is 2. The number of hydrogen-bond acceptors (Lipinski definition) is 7. The smallest absolute Gasteiger partial charge is 0.255 e. The van der Waals surface area contributed by atoms with E-state index in [-0.39, 0.29) is 56.5 Å². The molecular formula is C32H36N4O6. The van der Waals surface area contributed by atoms with Gasteiger partial charge in [0.2, 0.25) is 11.8 Å². The third-order valence-electron chi connectivity index (χ3n) is 7.51. The van der Waals surface area contributed by atoms with Crippen molar-refractivity contribution >= 4 is 17.7 Å². The summed E-state index contributed by atoms with van der Waals surface area (Å²) in [6.45, 7) is 1.05. The number of aliphatic hydroxyl groups excluding tert-OH is 1. The van der Waals surface area contributed by atoms with E-state index in [1.165, 1.54) is 11.1 Å². The maximum absolute atomic E-state index is 13.3. The molecule has 1 saturated heterocycles. The number of piperidine rings is 1. The average molecular weight is 573 g/mol. The molecule has 10 nitrogen and oxygen atoms in total. The predicted octanol–water partition coefficient (Wildman–Crippen LogP) is 2.95. The highest BCUT2D eigenvalue weighted by molar-refractivity contribution is 5.94. The van der Waals surface area contributed by atoms with Gasteiger partial charge in [0.05, 0.1) is 30.9 Å². The van der Waals surface area contributed by atoms with Crippen molar-refractivity contribution in [3.05, 3.63) is 89.7 Å². The lowest BCUT2D eigenvalue weighted by Crippen LogP contribution is -2.58. The molecule has 1 fully saturated rings. The van der Waals surface area contributed by atoms with Gasteiger partial charge in [-0.15, -0.1) is 0 Å². The van der Waals surface area contributed by atoms with Crippen molar-refractivity contribution < 1.29 is 29.0 Å². The van der Waals surface area contributed by atoms with Gasteiger partial charge in [0.15, 0.2) is 0 Å². The predicted molar refractivity (Wildman–Crippen MR) is 155 cm³/mol. The quantitative estimate of drug-likeness (QED) is 0.493. The second-order valence-electron chi connectivity index (χ2n) is 10.6. The van der Waals surface area contributed by atoms with Crippen molar-refractivity contribution in [3.63, 3.8) is 0 Å². The minimum absolute atomic E-state index is 0.0858. The molecule has 10 heteroatoms. The average Bonchev–Trinajstić information content (AvgIpc) is 3.02. The van der Waals surface area contributed by atoms with Crippen LogP contribution in [0.15, 0.2) is 73.1 Å². The summed E-state index contributed by atoms with van der Waals surface area (Å²) in [5.74, 6) is 0.693. The number of hydrogen-bond donors (Lipinski definition) is 2. The van der Waals surface area contributed by atoms with Gasteiger partial charge in [0.1, 0.15) is 11.5 Å². The van der Waals surface area contributed by atoms with E-state index >= 15 is 0 Å². The third kappa shape index (κ3) is 7.71. The van der Waals surface area contributed by atoms with Gasteiger partial charge in [-0.1, -0.05) is 24.3 Å². The van der Waals surface area contributed by atoms with E-state index in [0.29, 0.717) is 49.5 Å². The Labute approximate surface area is 245 Å². The van der Waals surface area contributed by atoms with Gasteiger partial charge < -0.3 is 29.7 Å². The van der Waals surface area contributed by atoms with Crippen LogP contribution in [0.2, 0.25) is 0 Å². The number of rotatable bonds is 4. The number of carbonyl (C=O) groups is 3. The molecule has 0 spiro atoms. The summed E-state index contributed by atoms with van der Waals surface area (Å²) < 4.78 is 12.4. The minimum Gasteiger partial charge on any atom is -0.457 e. The Balaban J connectivity index is 1.38. The number of likely N-dealkylation sites (tertiary alicyclic amines) is 1. The zero-order valence-corrected chi connectivity index (χ0v) is 23.5. The van der Waals surface area contributed by atoms with Crippen LogP contribution in [0.25, 0.3) is 0 Å². The molecule has 2 N–H and O–H groups in total. The molecule has 4 bridgehead atoms. The van der Waals surface area contributed by atoms with Crippen LogP contribution >= 0.6 is 0 Å². The van der Waals surface area contributed by atoms with E-state index in [0.717, 1.165) is 11.1 Å². The summed E-state index contributed by atoms with van der Waals surface area (Å²) in [5.41, 5.74) is 2.37. The Morgan fingerprint density at radius 3 is 2.67 bits per heavy atom. The molecule has 0 saturated carbocycles. The second-order valence-corrected chi connectivity index (χ2v) is 10.6. The van der Waals surface area contributed by atoms with E-state index in [1.54, 1.807) is 23.2 Å². The molecule has 0 radical (unpaired) electrons. The first-order valence-corrected chi connectivity index (χ1v) is 14.3. The minimum atomic E-state index is -0.487. The number of carbonyl (C=O) groups excluding carboxylic acids is 3. The highest BCUT2D eigenvalue weighted by Gasteiger charge is 2.34. The number of pyridine rings is 1. The molecule has 2 atom stereocenters. The Bertz CT molecular complexity index is 1370. The Morgan fingerprint density at radius 2 is 1.88 bits per heavy atom. The summed E-state index contributed by atoms with van der Waals surface area (Å²) >= 11 is 0. The Hall–Kier alpha value is -4.28. The zero-order chi connectivity index (χ0) is 29.3. The summed E-state index contributed by atoms with van der Waals surface area (Å²) in [7, 11) is 0. The Morgan fingerprint density at radius 1 is 1.02 bits per heavy atom. The van der Waals surface area contributed by atoms with Crippen molar-refractivity contribution in [2.45, 2.75) is 44.4 Å². The summed E-state index contributed by atoms with van der Waals surface area (Å²) in [6, 6.07) is 18.2. The van der Waals surface area contributed by atoms with Crippen LogP contribution in [0.4, 0.5) is 0 Å². The van der Waals surface area contributed by atoms with E-state index in [1.807, 2.05) is 48.5 Å². The monoisotopic (exact) mass is 572 g/mol. The van der Waals surface area contributed by atoms with Gasteiger partial charge in [-0.2, -0.15) is 0 Å². The number of nitrogens with one attached hydrogen (secondary N) is 1. The second kappa shape index (κ2) is 14.1. The van der Waals surface area contributed by atoms with Crippen LogP contribution in [-0.2, 0) is 27.4 Å². The molecule has 3 amide bonds. The fraction of sp³-hybridized carbons (Fsp3) is 0.375. The number of amides is 3. The molecule has 42 heavy (non-hydrogen) atoms. The number of ether oxygens (including phenoxy) is 2. The SMILES string of the molecule is O=C1CN(CCCO)C(=O)CCc2ccc(cc2)Oc2cccc(c2)CO[C@H]2CCN(C(=O)c3cccnc3)C[C@@H]2N1. The van der Waals surface area contributed by atoms with E-state index in [9.17, 15) is 19.5 Å². The first kappa shape index (κ1) is 29.2. The van der Waals surface area contributed by atoms with Crippen molar-refractivity contribution in [2.75, 3.05) is 32.8 Å². The van der Waals surface area contributed by atoms with Gasteiger partial charge in [-0.25, -0.2) is 0 Å². The molecule has 3 aromatic rings. The summed E-state index contributed by atoms with van der Waals surface area (Å²) in [4.78, 5) is 46.9. The van der Waals surface area contributed by atoms with Crippen LogP contribution < -0.4 is 10.1 Å². The van der Waals surface area contributed by atoms with E-state index < -0.39 is 6.04 Å². The molecule has 4 heterocycles. The van der Waals surface area contributed by atoms with Gasteiger partial charge in [-0.05, 0) is 66.8 Å². The van der Waals surface area contributed by atoms with Gasteiger partial charge in [0, 0.05) is 45.1 Å². The third-order valence-corrected chi connectivity index (χ3v) is 7.51. The van der Waals surface area contributed by atoms with Crippen molar-refractivity contribution in [1.29, 1.82) is 0 Å². The van der Waals surface area contributed by atoms with Crippen LogP contribution in [0, 0.1) is 0 Å². The van der Waals surface area contributed by atoms with Crippen LogP contribution in [0.1, 0.15) is 40.7 Å². The number of aryl methyl sites for hydroxylation is 1. The zero-order valence-electron chi connectivity index (χ0n) is 23.5. The summed E-state index contributed by atoms with van der Waals surface area (Å²) in [5, 5.41) is 12.4. The highest BCUT2D eigenvalue weighted by Crippen LogP contribution is 2.25. The number of aromatic nitrogens is 1. The number of fused-ring (bicyclic) bond motifs is 9. The molecule has 2 aromatic carbocycles. The van der Waals surface area contributed by atoms with Crippen LogP contribution in [-0.4, -0.2) is 82.5 Å². The largest absolute Gasteiger partial charge is 0.457 e. The van der Waals surface area contributed by atoms with Gasteiger partial charge in [0.25, 0.3) is 5.91 Å². The first-order valence-electron chi connectivity index (χ1n) is 14.3. The molecule has 6 rings (SSSR count). The normalized spacial score (nSPS) is 20.0. The van der Waals surface area contributed by atoms with Crippen molar-refractivity contribution in [2.24, 2.45) is 0 Å². The fourth-order valence-electron chi connectivity index (χ4n) is 5.28. The molecule has 1 aromatic heterocycles. The van der Waals surface area contributed by atoms with Crippen molar-refractivity contribution in [1.82, 2.24) is 20.1 Å². The molecule has 3 aliphatic rings. The maximum Gasteiger partial charge on any atom is 0.255 e. The molecule has 0 unspecified atom stereocenters. The lowest BCUT2D eigenvalue weighted by molar-refractivity contribution is -0.137. The Kier molecular flexibility index (Phi) is 9.78. The molecule has 3 aliphatic heterocycles.